The number of nitrogens with zero attached hydrogens (tertiary/aromatic N) is 6. The molecule has 0 aromatic carbocycles. The Morgan fingerprint density at radius 3 is 2.63 bits per heavy atom. The maximum atomic E-state index is 6.00. The fourth-order valence-electron chi connectivity index (χ4n) is 2.33. The van der Waals surface area contributed by atoms with Crippen LogP contribution in [0, 0.1) is 0 Å². The first-order valence-electron chi connectivity index (χ1n) is 6.51. The Kier molecular flexibility index (Phi) is 4.42. The van der Waals surface area contributed by atoms with Gasteiger partial charge in [0.05, 0.1) is 0 Å². The number of halogens is 1. The van der Waals surface area contributed by atoms with Gasteiger partial charge in [-0.15, -0.1) is 0 Å². The van der Waals surface area contributed by atoms with Crippen LogP contribution in [-0.2, 0) is 0 Å². The average Bonchev–Trinajstić information content (AvgIpc) is 2.49. The van der Waals surface area contributed by atoms with Crippen LogP contribution < -0.4 is 9.80 Å². The van der Waals surface area contributed by atoms with Gasteiger partial charge in [-0.05, 0) is 38.5 Å². The molecule has 0 spiro atoms. The number of anilines is 2. The van der Waals surface area contributed by atoms with Crippen molar-refractivity contribution >= 4 is 23.5 Å². The summed E-state index contributed by atoms with van der Waals surface area (Å²) in [4.78, 5) is 19.3. The number of hydrogen-bond acceptors (Lipinski definition) is 6. The van der Waals surface area contributed by atoms with Gasteiger partial charge in [-0.25, -0.2) is 0 Å². The first-order chi connectivity index (χ1) is 8.97. The molecule has 0 N–H and O–H groups in total. The van der Waals surface area contributed by atoms with Gasteiger partial charge in [0.2, 0.25) is 17.2 Å². The molecule has 1 aromatic rings. The van der Waals surface area contributed by atoms with Crippen LogP contribution in [0.3, 0.4) is 0 Å². The molecule has 7 heteroatoms. The Bertz CT molecular complexity index is 438. The van der Waals surface area contributed by atoms with Crippen molar-refractivity contribution in [1.29, 1.82) is 0 Å². The molecule has 19 heavy (non-hydrogen) atoms. The summed E-state index contributed by atoms with van der Waals surface area (Å²) in [7, 11) is 5.94. The van der Waals surface area contributed by atoms with E-state index in [1.807, 2.05) is 19.0 Å². The third kappa shape index (κ3) is 3.45. The minimum Gasteiger partial charge on any atom is -0.347 e. The van der Waals surface area contributed by atoms with E-state index in [-0.39, 0.29) is 5.28 Å². The smallest absolute Gasteiger partial charge is 0.231 e. The first-order valence-corrected chi connectivity index (χ1v) is 6.89. The van der Waals surface area contributed by atoms with Gasteiger partial charge in [0, 0.05) is 33.2 Å². The second-order valence-corrected chi connectivity index (χ2v) is 5.60. The molecule has 1 fully saturated rings. The zero-order valence-electron chi connectivity index (χ0n) is 12.0. The Balaban J connectivity index is 2.29. The summed E-state index contributed by atoms with van der Waals surface area (Å²) >= 11 is 6.00. The minimum absolute atomic E-state index is 0.249. The second-order valence-electron chi connectivity index (χ2n) is 5.26. The molecule has 0 amide bonds. The van der Waals surface area contributed by atoms with Crippen molar-refractivity contribution in [3.8, 4) is 0 Å². The van der Waals surface area contributed by atoms with Crippen molar-refractivity contribution in [2.24, 2.45) is 0 Å². The van der Waals surface area contributed by atoms with Gasteiger partial charge >= 0.3 is 0 Å². The third-order valence-corrected chi connectivity index (χ3v) is 3.46. The monoisotopic (exact) mass is 284 g/mol. The summed E-state index contributed by atoms with van der Waals surface area (Å²) in [5, 5.41) is 0.249. The van der Waals surface area contributed by atoms with Crippen LogP contribution >= 0.6 is 11.6 Å². The highest BCUT2D eigenvalue weighted by atomic mass is 35.5. The van der Waals surface area contributed by atoms with Crippen LogP contribution in [0.15, 0.2) is 0 Å². The van der Waals surface area contributed by atoms with Crippen molar-refractivity contribution in [3.05, 3.63) is 5.28 Å². The van der Waals surface area contributed by atoms with E-state index in [9.17, 15) is 0 Å². The van der Waals surface area contributed by atoms with E-state index in [1.54, 1.807) is 0 Å². The number of aromatic nitrogens is 3. The highest BCUT2D eigenvalue weighted by molar-refractivity contribution is 6.28. The quantitative estimate of drug-likeness (QED) is 0.811. The lowest BCUT2D eigenvalue weighted by molar-refractivity contribution is 0.337. The molecule has 6 nitrogen and oxygen atoms in total. The van der Waals surface area contributed by atoms with E-state index >= 15 is 0 Å². The maximum Gasteiger partial charge on any atom is 0.231 e. The molecule has 106 valence electrons. The van der Waals surface area contributed by atoms with E-state index in [0.29, 0.717) is 17.9 Å². The fraction of sp³-hybridized carbons (Fsp3) is 0.750. The molecule has 1 aromatic heterocycles. The molecule has 1 aliphatic heterocycles. The summed E-state index contributed by atoms with van der Waals surface area (Å²) < 4.78 is 0. The van der Waals surface area contributed by atoms with Crippen molar-refractivity contribution in [3.63, 3.8) is 0 Å². The first kappa shape index (κ1) is 14.3. The van der Waals surface area contributed by atoms with Crippen molar-refractivity contribution in [2.75, 3.05) is 50.6 Å². The van der Waals surface area contributed by atoms with Gasteiger partial charge in [0.1, 0.15) is 0 Å². The van der Waals surface area contributed by atoms with Gasteiger partial charge in [-0.2, -0.15) is 15.0 Å². The highest BCUT2D eigenvalue weighted by Crippen LogP contribution is 2.19. The van der Waals surface area contributed by atoms with Crippen LogP contribution in [0.1, 0.15) is 13.3 Å². The Morgan fingerprint density at radius 2 is 1.95 bits per heavy atom. The predicted octanol–water partition coefficient (Wildman–Crippen LogP) is 1.12. The van der Waals surface area contributed by atoms with E-state index in [2.05, 4.69) is 38.7 Å². The molecule has 1 saturated heterocycles. The van der Waals surface area contributed by atoms with Crippen LogP contribution in [0.2, 0.25) is 5.28 Å². The van der Waals surface area contributed by atoms with Crippen LogP contribution in [0.4, 0.5) is 11.9 Å². The van der Waals surface area contributed by atoms with E-state index in [0.717, 1.165) is 26.1 Å². The zero-order chi connectivity index (χ0) is 14.0. The zero-order valence-corrected chi connectivity index (χ0v) is 12.7. The lowest BCUT2D eigenvalue weighted by Crippen LogP contribution is -2.39. The summed E-state index contributed by atoms with van der Waals surface area (Å²) in [6.07, 6.45) is 1.10. The summed E-state index contributed by atoms with van der Waals surface area (Å²) in [5.74, 6) is 1.27. The van der Waals surface area contributed by atoms with Crippen LogP contribution in [-0.4, -0.2) is 66.7 Å². The van der Waals surface area contributed by atoms with Crippen LogP contribution in [0.5, 0.6) is 0 Å². The van der Waals surface area contributed by atoms with E-state index in [1.165, 1.54) is 0 Å². The molecule has 0 aliphatic carbocycles. The van der Waals surface area contributed by atoms with E-state index in [4.69, 9.17) is 11.6 Å². The van der Waals surface area contributed by atoms with Gasteiger partial charge in [0.25, 0.3) is 0 Å². The molecule has 0 bridgehead atoms. The van der Waals surface area contributed by atoms with Gasteiger partial charge in [0.15, 0.2) is 0 Å². The molecule has 2 heterocycles. The standard InChI is InChI=1S/C12H21ClN6/c1-9-8-18(4)6-5-7-19(9)12-15-10(13)14-11(16-12)17(2)3/h9H,5-8H2,1-4H3. The maximum absolute atomic E-state index is 6.00. The summed E-state index contributed by atoms with van der Waals surface area (Å²) in [5.41, 5.74) is 0. The summed E-state index contributed by atoms with van der Waals surface area (Å²) in [6.45, 7) is 5.23. The normalized spacial score (nSPS) is 21.3. The van der Waals surface area contributed by atoms with Gasteiger partial charge in [-0.1, -0.05) is 0 Å². The fourth-order valence-corrected chi connectivity index (χ4v) is 2.48. The number of rotatable bonds is 2. The SMILES string of the molecule is CC1CN(C)CCCN1c1nc(Cl)nc(N(C)C)n1. The molecule has 0 radical (unpaired) electrons. The molecule has 1 aliphatic rings. The molecule has 1 unspecified atom stereocenters. The van der Waals surface area contributed by atoms with E-state index < -0.39 is 0 Å². The van der Waals surface area contributed by atoms with Gasteiger partial charge < -0.3 is 14.7 Å². The molecule has 0 saturated carbocycles. The second kappa shape index (κ2) is 5.88. The minimum atomic E-state index is 0.249. The molecule has 1 atom stereocenters. The van der Waals surface area contributed by atoms with Gasteiger partial charge in [-0.3, -0.25) is 0 Å². The highest BCUT2D eigenvalue weighted by Gasteiger charge is 2.23. The topological polar surface area (TPSA) is 48.4 Å². The average molecular weight is 285 g/mol. The van der Waals surface area contributed by atoms with Crippen molar-refractivity contribution < 1.29 is 0 Å². The molecular weight excluding hydrogens is 264 g/mol. The Hall–Kier alpha value is -1.14. The number of hydrogen-bond donors (Lipinski definition) is 0. The Labute approximate surface area is 119 Å². The summed E-state index contributed by atoms with van der Waals surface area (Å²) in [6, 6.07) is 0.362. The molecule has 2 rings (SSSR count). The lowest BCUT2D eigenvalue weighted by atomic mass is 10.3. The number of likely N-dealkylation sites (N-methyl/N-ethyl adjacent to an activating group) is 1. The lowest BCUT2D eigenvalue weighted by Gasteiger charge is -2.28. The van der Waals surface area contributed by atoms with Crippen LogP contribution in [0.25, 0.3) is 0 Å². The van der Waals surface area contributed by atoms with Crippen molar-refractivity contribution in [2.45, 2.75) is 19.4 Å². The van der Waals surface area contributed by atoms with Crippen molar-refractivity contribution in [1.82, 2.24) is 19.9 Å². The third-order valence-electron chi connectivity index (χ3n) is 3.29. The predicted molar refractivity (Wildman–Crippen MR) is 78.1 cm³/mol. The Morgan fingerprint density at radius 1 is 1.21 bits per heavy atom. The molecular formula is C12H21ClN6. The largest absolute Gasteiger partial charge is 0.347 e.